The summed E-state index contributed by atoms with van der Waals surface area (Å²) < 4.78 is 0. The van der Waals surface area contributed by atoms with Crippen LogP contribution in [0.5, 0.6) is 0 Å². The van der Waals surface area contributed by atoms with Crippen LogP contribution in [-0.4, -0.2) is 38.2 Å². The molecule has 1 aromatic heterocycles. The molecule has 26 heavy (non-hydrogen) atoms. The average molecular weight is 484 g/mol. The number of nitrogens with zero attached hydrogens (tertiary/aromatic N) is 2. The summed E-state index contributed by atoms with van der Waals surface area (Å²) in [7, 11) is 0. The number of piperidine rings is 1. The lowest BCUT2D eigenvalue weighted by atomic mass is 10.1. The van der Waals surface area contributed by atoms with Gasteiger partial charge in [-0.3, -0.25) is 4.99 Å². The molecule has 0 saturated carbocycles. The smallest absolute Gasteiger partial charge is 0.191 e. The molecule has 1 aromatic carbocycles. The Kier molecular flexibility index (Phi) is 9.25. The van der Waals surface area contributed by atoms with E-state index in [-0.39, 0.29) is 24.0 Å². The van der Waals surface area contributed by atoms with Crippen molar-refractivity contribution in [1.82, 2.24) is 10.6 Å². The minimum Gasteiger partial charge on any atom is -0.363 e. The molecule has 0 bridgehead atoms. The van der Waals surface area contributed by atoms with E-state index in [1.807, 2.05) is 11.3 Å². The second kappa shape index (κ2) is 11.4. The van der Waals surface area contributed by atoms with E-state index in [9.17, 15) is 0 Å². The summed E-state index contributed by atoms with van der Waals surface area (Å²) in [5, 5.41) is 10.6. The first-order valence-corrected chi connectivity index (χ1v) is 10.1. The lowest BCUT2D eigenvalue weighted by Gasteiger charge is -2.33. The van der Waals surface area contributed by atoms with Gasteiger partial charge in [0.2, 0.25) is 0 Å². The predicted octanol–water partition coefficient (Wildman–Crippen LogP) is 4.13. The number of hydrogen-bond donors (Lipinski definition) is 2. The summed E-state index contributed by atoms with van der Waals surface area (Å²) in [4.78, 5) is 7.24. The van der Waals surface area contributed by atoms with Crippen LogP contribution in [0.4, 0.5) is 5.00 Å². The third-order valence-corrected chi connectivity index (χ3v) is 5.44. The van der Waals surface area contributed by atoms with Gasteiger partial charge in [-0.05, 0) is 49.3 Å². The van der Waals surface area contributed by atoms with E-state index in [4.69, 9.17) is 4.99 Å². The van der Waals surface area contributed by atoms with Crippen molar-refractivity contribution in [3.05, 3.63) is 53.4 Å². The number of guanidine groups is 1. The van der Waals surface area contributed by atoms with Crippen LogP contribution in [0, 0.1) is 0 Å². The van der Waals surface area contributed by atoms with Gasteiger partial charge < -0.3 is 15.5 Å². The van der Waals surface area contributed by atoms with E-state index in [1.54, 1.807) is 0 Å². The monoisotopic (exact) mass is 484 g/mol. The Hall–Kier alpha value is -1.28. The molecule has 0 atom stereocenters. The topological polar surface area (TPSA) is 39.7 Å². The molecule has 0 unspecified atom stereocenters. The maximum Gasteiger partial charge on any atom is 0.191 e. The minimum atomic E-state index is 0. The van der Waals surface area contributed by atoms with E-state index in [1.165, 1.54) is 10.6 Å². The summed E-state index contributed by atoms with van der Waals surface area (Å²) in [5.74, 6) is 0.952. The van der Waals surface area contributed by atoms with Gasteiger partial charge >= 0.3 is 0 Å². The molecule has 1 fully saturated rings. The van der Waals surface area contributed by atoms with E-state index in [0.717, 1.165) is 51.4 Å². The Bertz CT molecular complexity index is 637. The molecule has 2 heterocycles. The molecular weight excluding hydrogens is 455 g/mol. The predicted molar refractivity (Wildman–Crippen MR) is 124 cm³/mol. The van der Waals surface area contributed by atoms with Gasteiger partial charge in [-0.25, -0.2) is 0 Å². The Morgan fingerprint density at radius 3 is 2.58 bits per heavy atom. The standard InChI is InChI=1S/C20H28N4S.HI/c1-2-21-20(22-13-10-17-7-4-3-5-8-17)23-18-11-14-24(15-12-18)19-9-6-16-25-19;/h3-9,16,18H,2,10-15H2,1H3,(H2,21,22,23);1H. The molecule has 4 nitrogen and oxygen atoms in total. The first-order valence-electron chi connectivity index (χ1n) is 9.22. The van der Waals surface area contributed by atoms with Gasteiger partial charge in [0.15, 0.2) is 5.96 Å². The van der Waals surface area contributed by atoms with Crippen molar-refractivity contribution in [3.63, 3.8) is 0 Å². The van der Waals surface area contributed by atoms with Gasteiger partial charge in [0.25, 0.3) is 0 Å². The molecule has 0 spiro atoms. The van der Waals surface area contributed by atoms with Crippen molar-refractivity contribution in [3.8, 4) is 0 Å². The van der Waals surface area contributed by atoms with Gasteiger partial charge in [0.1, 0.15) is 0 Å². The number of nitrogens with one attached hydrogen (secondary N) is 2. The molecule has 1 aliphatic rings. The molecule has 2 aromatic rings. The molecule has 6 heteroatoms. The van der Waals surface area contributed by atoms with Crippen LogP contribution in [0.1, 0.15) is 25.3 Å². The lowest BCUT2D eigenvalue weighted by Crippen LogP contribution is -2.48. The van der Waals surface area contributed by atoms with E-state index >= 15 is 0 Å². The maximum atomic E-state index is 4.75. The van der Waals surface area contributed by atoms with Crippen LogP contribution >= 0.6 is 35.3 Å². The van der Waals surface area contributed by atoms with Crippen molar-refractivity contribution >= 4 is 46.3 Å². The minimum absolute atomic E-state index is 0. The molecule has 0 radical (unpaired) electrons. The third kappa shape index (κ3) is 6.46. The highest BCUT2D eigenvalue weighted by atomic mass is 127. The van der Waals surface area contributed by atoms with Crippen molar-refractivity contribution in [2.24, 2.45) is 4.99 Å². The summed E-state index contributed by atoms with van der Waals surface area (Å²) in [6.07, 6.45) is 3.29. The summed E-state index contributed by atoms with van der Waals surface area (Å²) in [5.41, 5.74) is 1.34. The van der Waals surface area contributed by atoms with Crippen molar-refractivity contribution in [1.29, 1.82) is 0 Å². The van der Waals surface area contributed by atoms with Crippen LogP contribution in [-0.2, 0) is 6.42 Å². The number of thiophene rings is 1. The third-order valence-electron chi connectivity index (χ3n) is 4.51. The second-order valence-corrected chi connectivity index (χ2v) is 7.28. The van der Waals surface area contributed by atoms with Gasteiger partial charge in [-0.2, -0.15) is 0 Å². The fraction of sp³-hybridized carbons (Fsp3) is 0.450. The summed E-state index contributed by atoms with van der Waals surface area (Å²) in [6, 6.07) is 15.4. The van der Waals surface area contributed by atoms with Crippen LogP contribution in [0.2, 0.25) is 0 Å². The average Bonchev–Trinajstić information content (AvgIpc) is 3.18. The number of hydrogen-bond acceptors (Lipinski definition) is 3. The zero-order valence-corrected chi connectivity index (χ0v) is 18.5. The quantitative estimate of drug-likeness (QED) is 0.368. The van der Waals surface area contributed by atoms with Crippen LogP contribution in [0.3, 0.4) is 0 Å². The lowest BCUT2D eigenvalue weighted by molar-refractivity contribution is 0.463. The van der Waals surface area contributed by atoms with Crippen molar-refractivity contribution < 1.29 is 0 Å². The molecule has 3 rings (SSSR count). The van der Waals surface area contributed by atoms with Gasteiger partial charge in [0.05, 0.1) is 5.00 Å². The molecule has 0 amide bonds. The zero-order valence-electron chi connectivity index (χ0n) is 15.4. The molecule has 1 saturated heterocycles. The molecular formula is C20H29IN4S. The normalized spacial score (nSPS) is 15.4. The van der Waals surface area contributed by atoms with E-state index < -0.39 is 0 Å². The highest BCUT2D eigenvalue weighted by Crippen LogP contribution is 2.24. The zero-order chi connectivity index (χ0) is 17.3. The Labute approximate surface area is 178 Å². The largest absolute Gasteiger partial charge is 0.363 e. The SMILES string of the molecule is CCNC(=NCCc1ccccc1)NC1CCN(c2cccs2)CC1.I. The maximum absolute atomic E-state index is 4.75. The second-order valence-electron chi connectivity index (χ2n) is 6.35. The number of anilines is 1. The number of rotatable bonds is 6. The Morgan fingerprint density at radius 1 is 1.15 bits per heavy atom. The molecule has 142 valence electrons. The van der Waals surface area contributed by atoms with Crippen molar-refractivity contribution in [2.45, 2.75) is 32.2 Å². The van der Waals surface area contributed by atoms with Gasteiger partial charge in [-0.15, -0.1) is 35.3 Å². The Balaban J connectivity index is 0.00000243. The first-order chi connectivity index (χ1) is 12.3. The summed E-state index contributed by atoms with van der Waals surface area (Å²) in [6.45, 7) is 6.05. The molecule has 0 aliphatic carbocycles. The number of benzene rings is 1. The van der Waals surface area contributed by atoms with E-state index in [0.29, 0.717) is 6.04 Å². The van der Waals surface area contributed by atoms with Crippen molar-refractivity contribution in [2.75, 3.05) is 31.1 Å². The molecule has 2 N–H and O–H groups in total. The van der Waals surface area contributed by atoms with Gasteiger partial charge in [0, 0.05) is 32.2 Å². The Morgan fingerprint density at radius 2 is 1.92 bits per heavy atom. The van der Waals surface area contributed by atoms with E-state index in [2.05, 4.69) is 70.3 Å². The van der Waals surface area contributed by atoms with Crippen LogP contribution in [0.25, 0.3) is 0 Å². The highest BCUT2D eigenvalue weighted by Gasteiger charge is 2.20. The fourth-order valence-electron chi connectivity index (χ4n) is 3.15. The van der Waals surface area contributed by atoms with Crippen LogP contribution in [0.15, 0.2) is 52.8 Å². The molecule has 1 aliphatic heterocycles. The fourth-order valence-corrected chi connectivity index (χ4v) is 3.93. The number of aliphatic imine (C=N–C) groups is 1. The van der Waals surface area contributed by atoms with Gasteiger partial charge in [-0.1, -0.05) is 30.3 Å². The highest BCUT2D eigenvalue weighted by molar-refractivity contribution is 14.0. The number of halogens is 1. The first kappa shape index (κ1) is 21.0. The van der Waals surface area contributed by atoms with Crippen LogP contribution < -0.4 is 15.5 Å². The summed E-state index contributed by atoms with van der Waals surface area (Å²) >= 11 is 1.83.